The SMILES string of the molecule is Cc1ccc(NC(=O)CSc2n[nH]c(=O)n2C)cc1F. The fourth-order valence-corrected chi connectivity index (χ4v) is 2.18. The summed E-state index contributed by atoms with van der Waals surface area (Å²) in [6.07, 6.45) is 0. The van der Waals surface area contributed by atoms with Gasteiger partial charge in [0, 0.05) is 12.7 Å². The highest BCUT2D eigenvalue weighted by atomic mass is 32.2. The van der Waals surface area contributed by atoms with Crippen LogP contribution in [0.25, 0.3) is 0 Å². The number of nitrogens with one attached hydrogen (secondary N) is 2. The molecule has 0 saturated heterocycles. The molecular weight excluding hydrogens is 283 g/mol. The Morgan fingerprint density at radius 2 is 2.30 bits per heavy atom. The Morgan fingerprint density at radius 3 is 2.90 bits per heavy atom. The Hall–Kier alpha value is -2.09. The maximum absolute atomic E-state index is 13.3. The number of hydrogen-bond acceptors (Lipinski definition) is 4. The standard InChI is InChI=1S/C12H13FN4O2S/c1-7-3-4-8(5-9(7)13)14-10(18)6-20-12-16-15-11(19)17(12)2/h3-5H,6H2,1-2H3,(H,14,18)(H,15,19). The van der Waals surface area contributed by atoms with Crippen LogP contribution in [0.1, 0.15) is 5.56 Å². The molecule has 106 valence electrons. The second kappa shape index (κ2) is 5.91. The van der Waals surface area contributed by atoms with Crippen molar-refractivity contribution in [3.8, 4) is 0 Å². The highest BCUT2D eigenvalue weighted by molar-refractivity contribution is 7.99. The summed E-state index contributed by atoms with van der Waals surface area (Å²) in [6, 6.07) is 4.49. The van der Waals surface area contributed by atoms with E-state index in [0.29, 0.717) is 16.4 Å². The molecule has 0 spiro atoms. The first-order valence-corrected chi connectivity index (χ1v) is 6.76. The molecule has 0 saturated carbocycles. The molecule has 1 aromatic heterocycles. The number of benzene rings is 1. The number of aryl methyl sites for hydroxylation is 1. The van der Waals surface area contributed by atoms with Gasteiger partial charge in [-0.1, -0.05) is 17.8 Å². The smallest absolute Gasteiger partial charge is 0.325 e. The summed E-state index contributed by atoms with van der Waals surface area (Å²) in [7, 11) is 1.56. The second-order valence-corrected chi connectivity index (χ2v) is 5.11. The minimum atomic E-state index is -0.370. The van der Waals surface area contributed by atoms with Gasteiger partial charge in [-0.25, -0.2) is 14.3 Å². The topological polar surface area (TPSA) is 79.8 Å². The molecule has 0 radical (unpaired) electrons. The Morgan fingerprint density at radius 1 is 1.55 bits per heavy atom. The average Bonchev–Trinajstić information content (AvgIpc) is 2.72. The molecule has 2 N–H and O–H groups in total. The maximum atomic E-state index is 13.3. The average molecular weight is 296 g/mol. The van der Waals surface area contributed by atoms with Crippen molar-refractivity contribution in [2.24, 2.45) is 7.05 Å². The third kappa shape index (κ3) is 3.27. The van der Waals surface area contributed by atoms with Crippen molar-refractivity contribution in [2.75, 3.05) is 11.1 Å². The first-order valence-electron chi connectivity index (χ1n) is 5.77. The summed E-state index contributed by atoms with van der Waals surface area (Å²) < 4.78 is 14.6. The van der Waals surface area contributed by atoms with Gasteiger partial charge in [0.1, 0.15) is 5.82 Å². The van der Waals surface area contributed by atoms with Crippen LogP contribution in [0.15, 0.2) is 28.2 Å². The fraction of sp³-hybridized carbons (Fsp3) is 0.250. The van der Waals surface area contributed by atoms with Crippen molar-refractivity contribution < 1.29 is 9.18 Å². The van der Waals surface area contributed by atoms with E-state index in [4.69, 9.17) is 0 Å². The minimum Gasteiger partial charge on any atom is -0.325 e. The predicted molar refractivity (Wildman–Crippen MR) is 74.3 cm³/mol. The minimum absolute atomic E-state index is 0.0770. The van der Waals surface area contributed by atoms with E-state index < -0.39 is 0 Å². The number of halogens is 1. The van der Waals surface area contributed by atoms with Gasteiger partial charge in [0.15, 0.2) is 5.16 Å². The number of thioether (sulfide) groups is 1. The van der Waals surface area contributed by atoms with Gasteiger partial charge in [-0.15, -0.1) is 5.10 Å². The lowest BCUT2D eigenvalue weighted by Gasteiger charge is -2.05. The molecule has 0 bridgehead atoms. The van der Waals surface area contributed by atoms with Crippen molar-refractivity contribution in [1.82, 2.24) is 14.8 Å². The Labute approximate surface area is 118 Å². The van der Waals surface area contributed by atoms with Crippen LogP contribution >= 0.6 is 11.8 Å². The molecule has 2 aromatic rings. The van der Waals surface area contributed by atoms with Crippen LogP contribution in [0.2, 0.25) is 0 Å². The van der Waals surface area contributed by atoms with Gasteiger partial charge in [0.2, 0.25) is 5.91 Å². The Balaban J connectivity index is 1.94. The summed E-state index contributed by atoms with van der Waals surface area (Å²) in [5.74, 6) is -0.591. The van der Waals surface area contributed by atoms with Gasteiger partial charge < -0.3 is 5.32 Å². The molecule has 0 aliphatic rings. The zero-order valence-corrected chi connectivity index (χ0v) is 11.8. The largest absolute Gasteiger partial charge is 0.343 e. The van der Waals surface area contributed by atoms with Crippen LogP contribution in [0.3, 0.4) is 0 Å². The molecule has 0 aliphatic heterocycles. The number of aromatic amines is 1. The number of rotatable bonds is 4. The monoisotopic (exact) mass is 296 g/mol. The van der Waals surface area contributed by atoms with Crippen LogP contribution < -0.4 is 11.0 Å². The van der Waals surface area contributed by atoms with E-state index in [1.54, 1.807) is 26.1 Å². The highest BCUT2D eigenvalue weighted by Crippen LogP contribution is 2.15. The first-order chi connectivity index (χ1) is 9.47. The quantitative estimate of drug-likeness (QED) is 0.833. The number of hydrogen-bond donors (Lipinski definition) is 2. The van der Waals surface area contributed by atoms with Crippen LogP contribution in [-0.4, -0.2) is 26.4 Å². The molecule has 20 heavy (non-hydrogen) atoms. The van der Waals surface area contributed by atoms with Crippen molar-refractivity contribution in [3.05, 3.63) is 40.1 Å². The molecule has 8 heteroatoms. The lowest BCUT2D eigenvalue weighted by molar-refractivity contribution is -0.113. The molecular formula is C12H13FN4O2S. The number of amides is 1. The number of carbonyl (C=O) groups excluding carboxylic acids is 1. The van der Waals surface area contributed by atoms with E-state index in [2.05, 4.69) is 15.5 Å². The van der Waals surface area contributed by atoms with E-state index >= 15 is 0 Å². The van der Waals surface area contributed by atoms with E-state index in [-0.39, 0.29) is 23.2 Å². The highest BCUT2D eigenvalue weighted by Gasteiger charge is 2.09. The molecule has 6 nitrogen and oxygen atoms in total. The molecule has 0 fully saturated rings. The Bertz CT molecular complexity index is 695. The molecule has 2 rings (SSSR count). The summed E-state index contributed by atoms with van der Waals surface area (Å²) in [6.45, 7) is 1.65. The molecule has 0 aliphatic carbocycles. The van der Waals surface area contributed by atoms with E-state index in [9.17, 15) is 14.0 Å². The number of aromatic nitrogens is 3. The summed E-state index contributed by atoms with van der Waals surface area (Å²) in [5, 5.41) is 9.05. The number of nitrogens with zero attached hydrogens (tertiary/aromatic N) is 2. The molecule has 1 amide bonds. The first kappa shape index (κ1) is 14.3. The van der Waals surface area contributed by atoms with Crippen LogP contribution in [0, 0.1) is 12.7 Å². The van der Waals surface area contributed by atoms with E-state index in [1.165, 1.54) is 10.6 Å². The van der Waals surface area contributed by atoms with Gasteiger partial charge >= 0.3 is 5.69 Å². The number of anilines is 1. The van der Waals surface area contributed by atoms with Crippen molar-refractivity contribution in [3.63, 3.8) is 0 Å². The third-order valence-corrected chi connectivity index (χ3v) is 3.66. The van der Waals surface area contributed by atoms with Crippen LogP contribution in [0.4, 0.5) is 10.1 Å². The summed E-state index contributed by atoms with van der Waals surface area (Å²) in [4.78, 5) is 22.9. The lowest BCUT2D eigenvalue weighted by atomic mass is 10.2. The second-order valence-electron chi connectivity index (χ2n) is 4.17. The maximum Gasteiger partial charge on any atom is 0.343 e. The normalized spacial score (nSPS) is 10.6. The van der Waals surface area contributed by atoms with E-state index in [1.807, 2.05) is 0 Å². The van der Waals surface area contributed by atoms with Gasteiger partial charge in [0.05, 0.1) is 5.75 Å². The summed E-state index contributed by atoms with van der Waals surface area (Å²) >= 11 is 1.12. The van der Waals surface area contributed by atoms with E-state index in [0.717, 1.165) is 11.8 Å². The fourth-order valence-electron chi connectivity index (χ4n) is 1.46. The van der Waals surface area contributed by atoms with Crippen LogP contribution in [0.5, 0.6) is 0 Å². The van der Waals surface area contributed by atoms with Crippen molar-refractivity contribution in [1.29, 1.82) is 0 Å². The predicted octanol–water partition coefficient (Wildman–Crippen LogP) is 1.29. The van der Waals surface area contributed by atoms with Gasteiger partial charge in [0.25, 0.3) is 0 Å². The Kier molecular flexibility index (Phi) is 4.23. The van der Waals surface area contributed by atoms with Crippen molar-refractivity contribution in [2.45, 2.75) is 12.1 Å². The van der Waals surface area contributed by atoms with Crippen molar-refractivity contribution >= 4 is 23.4 Å². The van der Waals surface area contributed by atoms with Gasteiger partial charge in [-0.2, -0.15) is 0 Å². The zero-order chi connectivity index (χ0) is 14.7. The van der Waals surface area contributed by atoms with Gasteiger partial charge in [-0.3, -0.25) is 9.36 Å². The lowest BCUT2D eigenvalue weighted by Crippen LogP contribution is -2.16. The molecule has 0 atom stereocenters. The number of carbonyl (C=O) groups is 1. The molecule has 1 heterocycles. The molecule has 1 aromatic carbocycles. The third-order valence-electron chi connectivity index (χ3n) is 2.63. The summed E-state index contributed by atoms with van der Waals surface area (Å²) in [5.41, 5.74) is 0.576. The molecule has 0 unspecified atom stereocenters. The number of H-pyrrole nitrogens is 1. The van der Waals surface area contributed by atoms with Crippen LogP contribution in [-0.2, 0) is 11.8 Å². The zero-order valence-electron chi connectivity index (χ0n) is 10.9. The van der Waals surface area contributed by atoms with Gasteiger partial charge in [-0.05, 0) is 24.6 Å².